The molecule has 1 N–H and O–H groups in total. The summed E-state index contributed by atoms with van der Waals surface area (Å²) in [4.78, 5) is 28.8. The molecule has 0 radical (unpaired) electrons. The average Bonchev–Trinajstić information content (AvgIpc) is 2.82. The molecule has 21 heavy (non-hydrogen) atoms. The molecule has 2 heterocycles. The number of nitrogens with one attached hydrogen (secondary N) is 1. The predicted molar refractivity (Wildman–Crippen MR) is 83.8 cm³/mol. The molecule has 0 amide bonds. The van der Waals surface area contributed by atoms with Crippen molar-refractivity contribution in [3.05, 3.63) is 33.5 Å². The van der Waals surface area contributed by atoms with E-state index >= 15 is 0 Å². The SMILES string of the molecule is C=CCn1c(N[C@H](C)CC)nc2c1c(=O)n(C)c(=O)n2C. The highest BCUT2D eigenvalue weighted by molar-refractivity contribution is 5.74. The fourth-order valence-corrected chi connectivity index (χ4v) is 2.19. The zero-order valence-corrected chi connectivity index (χ0v) is 12.9. The molecular formula is C14H21N5O2. The summed E-state index contributed by atoms with van der Waals surface area (Å²) in [6, 6.07) is 0.214. The summed E-state index contributed by atoms with van der Waals surface area (Å²) >= 11 is 0. The van der Waals surface area contributed by atoms with E-state index < -0.39 is 0 Å². The third-order valence-corrected chi connectivity index (χ3v) is 3.65. The summed E-state index contributed by atoms with van der Waals surface area (Å²) in [6.07, 6.45) is 2.63. The highest BCUT2D eigenvalue weighted by Crippen LogP contribution is 2.16. The first kappa shape index (κ1) is 15.1. The molecule has 0 aliphatic heterocycles. The second-order valence-electron chi connectivity index (χ2n) is 5.17. The van der Waals surface area contributed by atoms with E-state index in [1.807, 2.05) is 6.92 Å². The largest absolute Gasteiger partial charge is 0.353 e. The molecule has 114 valence electrons. The number of hydrogen-bond donors (Lipinski definition) is 1. The summed E-state index contributed by atoms with van der Waals surface area (Å²) < 4.78 is 4.24. The highest BCUT2D eigenvalue weighted by Gasteiger charge is 2.18. The maximum atomic E-state index is 12.4. The van der Waals surface area contributed by atoms with Crippen LogP contribution in [0.25, 0.3) is 11.2 Å². The Morgan fingerprint density at radius 1 is 1.33 bits per heavy atom. The van der Waals surface area contributed by atoms with Crippen LogP contribution >= 0.6 is 0 Å². The van der Waals surface area contributed by atoms with E-state index in [2.05, 4.69) is 23.8 Å². The molecular weight excluding hydrogens is 270 g/mol. The fraction of sp³-hybridized carbons (Fsp3) is 0.500. The molecule has 2 aromatic heterocycles. The van der Waals surface area contributed by atoms with Gasteiger partial charge in [-0.2, -0.15) is 4.98 Å². The minimum Gasteiger partial charge on any atom is -0.353 e. The quantitative estimate of drug-likeness (QED) is 0.828. The number of anilines is 1. The Labute approximate surface area is 122 Å². The molecule has 2 rings (SSSR count). The van der Waals surface area contributed by atoms with Gasteiger partial charge in [0, 0.05) is 26.7 Å². The van der Waals surface area contributed by atoms with E-state index in [0.717, 1.165) is 11.0 Å². The second-order valence-corrected chi connectivity index (χ2v) is 5.17. The standard InChI is InChI=1S/C14H21N5O2/c1-6-8-19-10-11(16-13(19)15-9(3)7-2)17(4)14(21)18(5)12(10)20/h6,9H,1,7-8H2,2-5H3,(H,15,16)/t9-/m1/s1. The van der Waals surface area contributed by atoms with Crippen molar-refractivity contribution in [1.29, 1.82) is 0 Å². The van der Waals surface area contributed by atoms with Gasteiger partial charge in [-0.05, 0) is 13.3 Å². The van der Waals surface area contributed by atoms with Crippen molar-refractivity contribution in [3.8, 4) is 0 Å². The minimum atomic E-state index is -0.383. The number of aryl methyl sites for hydroxylation is 1. The molecule has 7 heteroatoms. The van der Waals surface area contributed by atoms with E-state index in [1.54, 1.807) is 17.7 Å². The van der Waals surface area contributed by atoms with Crippen molar-refractivity contribution in [1.82, 2.24) is 18.7 Å². The molecule has 0 fully saturated rings. The van der Waals surface area contributed by atoms with Gasteiger partial charge in [0.25, 0.3) is 5.56 Å². The van der Waals surface area contributed by atoms with Crippen LogP contribution in [0.3, 0.4) is 0 Å². The Hall–Kier alpha value is -2.31. The third kappa shape index (κ3) is 2.39. The van der Waals surface area contributed by atoms with Crippen LogP contribution in [-0.2, 0) is 20.6 Å². The van der Waals surface area contributed by atoms with Crippen LogP contribution in [0.4, 0.5) is 5.95 Å². The van der Waals surface area contributed by atoms with Gasteiger partial charge in [0.1, 0.15) is 0 Å². The van der Waals surface area contributed by atoms with Gasteiger partial charge in [-0.25, -0.2) is 4.79 Å². The van der Waals surface area contributed by atoms with Crippen molar-refractivity contribution in [2.75, 3.05) is 5.32 Å². The van der Waals surface area contributed by atoms with Crippen molar-refractivity contribution < 1.29 is 0 Å². The summed E-state index contributed by atoms with van der Waals surface area (Å²) in [7, 11) is 3.08. The average molecular weight is 291 g/mol. The van der Waals surface area contributed by atoms with Crippen LogP contribution in [0, 0.1) is 0 Å². The zero-order valence-electron chi connectivity index (χ0n) is 12.9. The first-order chi connectivity index (χ1) is 9.92. The number of hydrogen-bond acceptors (Lipinski definition) is 4. The lowest BCUT2D eigenvalue weighted by atomic mass is 10.3. The zero-order chi connectivity index (χ0) is 15.7. The van der Waals surface area contributed by atoms with Crippen LogP contribution in [0.1, 0.15) is 20.3 Å². The van der Waals surface area contributed by atoms with Gasteiger partial charge in [-0.15, -0.1) is 6.58 Å². The number of nitrogens with zero attached hydrogens (tertiary/aromatic N) is 4. The molecule has 7 nitrogen and oxygen atoms in total. The lowest BCUT2D eigenvalue weighted by Gasteiger charge is -2.13. The smallest absolute Gasteiger partial charge is 0.332 e. The molecule has 0 aromatic carbocycles. The lowest BCUT2D eigenvalue weighted by Crippen LogP contribution is -2.37. The number of rotatable bonds is 5. The van der Waals surface area contributed by atoms with Gasteiger partial charge in [-0.3, -0.25) is 13.9 Å². The van der Waals surface area contributed by atoms with Gasteiger partial charge < -0.3 is 9.88 Å². The van der Waals surface area contributed by atoms with Crippen molar-refractivity contribution in [2.24, 2.45) is 14.1 Å². The number of allylic oxidation sites excluding steroid dienone is 1. The highest BCUT2D eigenvalue weighted by atomic mass is 16.2. The van der Waals surface area contributed by atoms with E-state index in [9.17, 15) is 9.59 Å². The monoisotopic (exact) mass is 291 g/mol. The van der Waals surface area contributed by atoms with E-state index in [0.29, 0.717) is 23.7 Å². The molecule has 0 saturated carbocycles. The first-order valence-corrected chi connectivity index (χ1v) is 6.96. The topological polar surface area (TPSA) is 73.8 Å². The van der Waals surface area contributed by atoms with Crippen molar-refractivity contribution in [3.63, 3.8) is 0 Å². The van der Waals surface area contributed by atoms with Crippen LogP contribution in [0.15, 0.2) is 22.2 Å². The van der Waals surface area contributed by atoms with Gasteiger partial charge in [-0.1, -0.05) is 13.0 Å². The van der Waals surface area contributed by atoms with Crippen LogP contribution in [-0.4, -0.2) is 24.7 Å². The number of imidazole rings is 1. The maximum absolute atomic E-state index is 12.4. The van der Waals surface area contributed by atoms with Gasteiger partial charge in [0.15, 0.2) is 11.2 Å². The predicted octanol–water partition coefficient (Wildman–Crippen LogP) is 0.830. The molecule has 0 spiro atoms. The summed E-state index contributed by atoms with van der Waals surface area (Å²) in [5.41, 5.74) is 0.0616. The minimum absolute atomic E-state index is 0.214. The first-order valence-electron chi connectivity index (χ1n) is 6.96. The van der Waals surface area contributed by atoms with Crippen molar-refractivity contribution >= 4 is 17.1 Å². The molecule has 0 aliphatic rings. The molecule has 0 bridgehead atoms. The van der Waals surface area contributed by atoms with Gasteiger partial charge >= 0.3 is 5.69 Å². The Balaban J connectivity index is 2.83. The molecule has 2 aromatic rings. The molecule has 0 aliphatic carbocycles. The third-order valence-electron chi connectivity index (χ3n) is 3.65. The van der Waals surface area contributed by atoms with E-state index in [-0.39, 0.29) is 17.3 Å². The lowest BCUT2D eigenvalue weighted by molar-refractivity contribution is 0.702. The fourth-order valence-electron chi connectivity index (χ4n) is 2.19. The number of aromatic nitrogens is 4. The Morgan fingerprint density at radius 3 is 2.57 bits per heavy atom. The Kier molecular flexibility index (Phi) is 4.02. The van der Waals surface area contributed by atoms with Gasteiger partial charge in [0.2, 0.25) is 5.95 Å². The Bertz CT molecular complexity index is 796. The normalized spacial score (nSPS) is 12.6. The van der Waals surface area contributed by atoms with Crippen LogP contribution < -0.4 is 16.6 Å². The van der Waals surface area contributed by atoms with E-state index in [4.69, 9.17) is 0 Å². The van der Waals surface area contributed by atoms with Gasteiger partial charge in [0.05, 0.1) is 0 Å². The number of fused-ring (bicyclic) bond motifs is 1. The van der Waals surface area contributed by atoms with Crippen LogP contribution in [0.2, 0.25) is 0 Å². The van der Waals surface area contributed by atoms with E-state index in [1.165, 1.54) is 11.6 Å². The summed E-state index contributed by atoms with van der Waals surface area (Å²) in [5, 5.41) is 3.27. The summed E-state index contributed by atoms with van der Waals surface area (Å²) in [6.45, 7) is 8.27. The van der Waals surface area contributed by atoms with Crippen molar-refractivity contribution in [2.45, 2.75) is 32.9 Å². The van der Waals surface area contributed by atoms with Crippen LogP contribution in [0.5, 0.6) is 0 Å². The second kappa shape index (κ2) is 5.59. The maximum Gasteiger partial charge on any atom is 0.332 e. The summed E-state index contributed by atoms with van der Waals surface area (Å²) in [5.74, 6) is 0.581. The molecule has 0 saturated heterocycles. The molecule has 0 unspecified atom stereocenters. The molecule has 1 atom stereocenters. The Morgan fingerprint density at radius 2 is 2.00 bits per heavy atom.